The zero-order valence-corrected chi connectivity index (χ0v) is 16.0. The summed E-state index contributed by atoms with van der Waals surface area (Å²) in [7, 11) is 0. The van der Waals surface area contributed by atoms with Crippen LogP contribution in [0.15, 0.2) is 59.1 Å². The van der Waals surface area contributed by atoms with Crippen molar-refractivity contribution in [2.75, 3.05) is 0 Å². The van der Waals surface area contributed by atoms with E-state index in [0.29, 0.717) is 0 Å². The molecule has 2 aromatic carbocycles. The molecule has 136 valence electrons. The Labute approximate surface area is 162 Å². The van der Waals surface area contributed by atoms with Crippen LogP contribution in [0.3, 0.4) is 0 Å². The lowest BCUT2D eigenvalue weighted by molar-refractivity contribution is -0.147. The number of allylic oxidation sites excluding steroid dienone is 1. The zero-order chi connectivity index (χ0) is 18.9. The van der Waals surface area contributed by atoms with Gasteiger partial charge in [0.15, 0.2) is 0 Å². The maximum atomic E-state index is 13.1. The van der Waals surface area contributed by atoms with Crippen molar-refractivity contribution in [1.82, 2.24) is 0 Å². The van der Waals surface area contributed by atoms with E-state index in [9.17, 15) is 9.18 Å². The molecule has 0 amide bonds. The van der Waals surface area contributed by atoms with E-state index < -0.39 is 0 Å². The standard InChI is InChI=1S/C21H19Cl2FO2/c1-21(2)17(11-18(22)23)19(21)20(25)26-12-13-4-3-5-15(10-13)14-6-8-16(24)9-7-14/h3-11,17,19H,12H2,1-2H3. The molecule has 5 heteroatoms. The van der Waals surface area contributed by atoms with Crippen molar-refractivity contribution < 1.29 is 13.9 Å². The molecule has 0 heterocycles. The van der Waals surface area contributed by atoms with Gasteiger partial charge in [-0.2, -0.15) is 0 Å². The Hall–Kier alpha value is -1.84. The van der Waals surface area contributed by atoms with Gasteiger partial charge in [-0.25, -0.2) is 4.39 Å². The Balaban J connectivity index is 1.65. The molecular formula is C21H19Cl2FO2. The normalized spacial score (nSPS) is 20.3. The molecule has 2 nitrogen and oxygen atoms in total. The Morgan fingerprint density at radius 2 is 1.85 bits per heavy atom. The smallest absolute Gasteiger partial charge is 0.310 e. The average molecular weight is 393 g/mol. The molecule has 2 unspecified atom stereocenters. The Kier molecular flexibility index (Phi) is 5.40. The fourth-order valence-electron chi connectivity index (χ4n) is 3.30. The van der Waals surface area contributed by atoms with Crippen LogP contribution < -0.4 is 0 Å². The first kappa shape index (κ1) is 18.9. The molecule has 0 aromatic heterocycles. The van der Waals surface area contributed by atoms with E-state index in [1.165, 1.54) is 12.1 Å². The Morgan fingerprint density at radius 3 is 2.50 bits per heavy atom. The van der Waals surface area contributed by atoms with Crippen LogP contribution in [-0.4, -0.2) is 5.97 Å². The third-order valence-corrected chi connectivity index (χ3v) is 5.21. The second-order valence-electron chi connectivity index (χ2n) is 7.10. The number of ether oxygens (including phenoxy) is 1. The quantitative estimate of drug-likeness (QED) is 0.572. The van der Waals surface area contributed by atoms with Gasteiger partial charge in [-0.3, -0.25) is 4.79 Å². The van der Waals surface area contributed by atoms with Crippen LogP contribution in [0.1, 0.15) is 19.4 Å². The molecule has 1 saturated carbocycles. The fraction of sp³-hybridized carbons (Fsp3) is 0.286. The summed E-state index contributed by atoms with van der Waals surface area (Å²) in [6.45, 7) is 4.17. The van der Waals surface area contributed by atoms with E-state index in [-0.39, 0.29) is 40.1 Å². The van der Waals surface area contributed by atoms with Crippen LogP contribution in [0.5, 0.6) is 0 Å². The fourth-order valence-corrected chi connectivity index (χ4v) is 3.57. The topological polar surface area (TPSA) is 26.3 Å². The van der Waals surface area contributed by atoms with Gasteiger partial charge in [0.1, 0.15) is 16.9 Å². The SMILES string of the molecule is CC1(C)C(C=C(Cl)Cl)C1C(=O)OCc1cccc(-c2ccc(F)cc2)c1. The van der Waals surface area contributed by atoms with E-state index in [2.05, 4.69) is 0 Å². The molecule has 3 rings (SSSR count). The molecule has 0 bridgehead atoms. The Morgan fingerprint density at radius 1 is 1.15 bits per heavy atom. The first-order valence-electron chi connectivity index (χ1n) is 8.33. The van der Waals surface area contributed by atoms with E-state index in [1.807, 2.05) is 38.1 Å². The van der Waals surface area contributed by atoms with Gasteiger partial charge >= 0.3 is 5.97 Å². The number of carbonyl (C=O) groups is 1. The molecule has 0 aliphatic heterocycles. The van der Waals surface area contributed by atoms with Crippen molar-refractivity contribution in [2.45, 2.75) is 20.5 Å². The summed E-state index contributed by atoms with van der Waals surface area (Å²) in [6, 6.07) is 13.9. The summed E-state index contributed by atoms with van der Waals surface area (Å²) < 4.78 is 18.7. The van der Waals surface area contributed by atoms with Crippen molar-refractivity contribution in [3.8, 4) is 11.1 Å². The first-order valence-corrected chi connectivity index (χ1v) is 9.09. The third kappa shape index (κ3) is 4.11. The highest BCUT2D eigenvalue weighted by molar-refractivity contribution is 6.55. The van der Waals surface area contributed by atoms with Crippen molar-refractivity contribution >= 4 is 29.2 Å². The average Bonchev–Trinajstić information content (AvgIpc) is 3.13. The van der Waals surface area contributed by atoms with Gasteiger partial charge in [0.25, 0.3) is 0 Å². The van der Waals surface area contributed by atoms with Crippen molar-refractivity contribution in [1.29, 1.82) is 0 Å². The van der Waals surface area contributed by atoms with Gasteiger partial charge in [0, 0.05) is 0 Å². The maximum absolute atomic E-state index is 13.1. The minimum absolute atomic E-state index is 0.00875. The summed E-state index contributed by atoms with van der Waals surface area (Å²) in [4.78, 5) is 12.4. The predicted molar refractivity (Wildman–Crippen MR) is 102 cm³/mol. The van der Waals surface area contributed by atoms with Crippen molar-refractivity contribution in [3.05, 3.63) is 70.5 Å². The predicted octanol–water partition coefficient (Wildman–Crippen LogP) is 6.13. The lowest BCUT2D eigenvalue weighted by Crippen LogP contribution is -2.10. The molecule has 26 heavy (non-hydrogen) atoms. The van der Waals surface area contributed by atoms with Crippen molar-refractivity contribution in [3.63, 3.8) is 0 Å². The van der Waals surface area contributed by atoms with Gasteiger partial charge in [0.05, 0.1) is 5.92 Å². The zero-order valence-electron chi connectivity index (χ0n) is 14.5. The third-order valence-electron chi connectivity index (χ3n) is 4.96. The van der Waals surface area contributed by atoms with Crippen LogP contribution in [0.4, 0.5) is 4.39 Å². The number of hydrogen-bond donors (Lipinski definition) is 0. The summed E-state index contributed by atoms with van der Waals surface area (Å²) in [5, 5.41) is 0. The largest absolute Gasteiger partial charge is 0.461 e. The monoisotopic (exact) mass is 392 g/mol. The number of carbonyl (C=O) groups excluding carboxylic acids is 1. The molecule has 0 radical (unpaired) electrons. The summed E-state index contributed by atoms with van der Waals surface area (Å²) >= 11 is 11.4. The van der Waals surface area contributed by atoms with Crippen LogP contribution in [0, 0.1) is 23.1 Å². The minimum Gasteiger partial charge on any atom is -0.461 e. The number of hydrogen-bond acceptors (Lipinski definition) is 2. The molecule has 1 fully saturated rings. The van der Waals surface area contributed by atoms with Crippen LogP contribution in [0.2, 0.25) is 0 Å². The summed E-state index contributed by atoms with van der Waals surface area (Å²) in [6.07, 6.45) is 1.70. The lowest BCUT2D eigenvalue weighted by atomic mass is 10.0. The molecular weight excluding hydrogens is 374 g/mol. The second-order valence-corrected chi connectivity index (χ2v) is 8.10. The van der Waals surface area contributed by atoms with Crippen molar-refractivity contribution in [2.24, 2.45) is 17.3 Å². The first-order chi connectivity index (χ1) is 12.3. The number of esters is 1. The van der Waals surface area contributed by atoms with Gasteiger partial charge in [-0.05, 0) is 52.3 Å². The molecule has 1 aliphatic rings. The summed E-state index contributed by atoms with van der Waals surface area (Å²) in [5.74, 6) is -0.773. The number of rotatable bonds is 5. The van der Waals surface area contributed by atoms with E-state index in [1.54, 1.807) is 18.2 Å². The van der Waals surface area contributed by atoms with Gasteiger partial charge in [-0.15, -0.1) is 0 Å². The van der Waals surface area contributed by atoms with E-state index >= 15 is 0 Å². The molecule has 2 aromatic rings. The highest BCUT2D eigenvalue weighted by Gasteiger charge is 2.61. The van der Waals surface area contributed by atoms with E-state index in [0.717, 1.165) is 16.7 Å². The molecule has 0 saturated heterocycles. The molecule has 0 N–H and O–H groups in total. The minimum atomic E-state index is -0.272. The highest BCUT2D eigenvalue weighted by Crippen LogP contribution is 2.60. The number of halogens is 3. The second kappa shape index (κ2) is 7.42. The Bertz CT molecular complexity index is 839. The van der Waals surface area contributed by atoms with Crippen LogP contribution in [0.25, 0.3) is 11.1 Å². The lowest BCUT2D eigenvalue weighted by Gasteiger charge is -2.08. The molecule has 2 atom stereocenters. The maximum Gasteiger partial charge on any atom is 0.310 e. The van der Waals surface area contributed by atoms with Crippen LogP contribution >= 0.6 is 23.2 Å². The molecule has 0 spiro atoms. The van der Waals surface area contributed by atoms with E-state index in [4.69, 9.17) is 27.9 Å². The van der Waals surface area contributed by atoms with Crippen LogP contribution in [-0.2, 0) is 16.1 Å². The summed E-state index contributed by atoms with van der Waals surface area (Å²) in [5.41, 5.74) is 2.52. The van der Waals surface area contributed by atoms with Gasteiger partial charge in [-0.1, -0.05) is 67.4 Å². The molecule has 1 aliphatic carbocycles. The number of benzene rings is 2. The van der Waals surface area contributed by atoms with Gasteiger partial charge in [0.2, 0.25) is 0 Å². The highest BCUT2D eigenvalue weighted by atomic mass is 35.5. The van der Waals surface area contributed by atoms with Gasteiger partial charge < -0.3 is 4.74 Å².